The van der Waals surface area contributed by atoms with E-state index in [0.29, 0.717) is 0 Å². The van der Waals surface area contributed by atoms with Gasteiger partial charge in [-0.3, -0.25) is 4.79 Å². The van der Waals surface area contributed by atoms with E-state index in [9.17, 15) is 4.79 Å². The fraction of sp³-hybridized carbons (Fsp3) is 0.333. The van der Waals surface area contributed by atoms with Gasteiger partial charge in [0, 0.05) is 6.42 Å². The molecule has 1 N–H and O–H groups in total. The first-order valence-electron chi connectivity index (χ1n) is 5.79. The lowest BCUT2D eigenvalue weighted by atomic mass is 10.1. The van der Waals surface area contributed by atoms with Crippen LogP contribution in [0.1, 0.15) is 24.7 Å². The maximum absolute atomic E-state index is 10.6. The van der Waals surface area contributed by atoms with Crippen molar-refractivity contribution in [3.63, 3.8) is 0 Å². The van der Waals surface area contributed by atoms with Gasteiger partial charge in [0.25, 0.3) is 0 Å². The average Bonchev–Trinajstić information content (AvgIpc) is 2.78. The number of nitrogens with zero attached hydrogens (tertiary/aromatic N) is 4. The maximum Gasteiger partial charge on any atom is 0.307 e. The molecule has 0 atom stereocenters. The summed E-state index contributed by atoms with van der Waals surface area (Å²) >= 11 is 0. The smallest absolute Gasteiger partial charge is 0.307 e. The minimum absolute atomic E-state index is 0.0255. The van der Waals surface area contributed by atoms with Crippen molar-refractivity contribution in [2.75, 3.05) is 0 Å². The Morgan fingerprint density at radius 3 is 2.67 bits per heavy atom. The largest absolute Gasteiger partial charge is 0.481 e. The first-order chi connectivity index (χ1) is 8.70. The third kappa shape index (κ3) is 2.71. The van der Waals surface area contributed by atoms with E-state index >= 15 is 0 Å². The molecule has 0 bridgehead atoms. The van der Waals surface area contributed by atoms with Gasteiger partial charge in [0.2, 0.25) is 0 Å². The highest BCUT2D eigenvalue weighted by Crippen LogP contribution is 2.11. The van der Waals surface area contributed by atoms with Crippen LogP contribution in [0, 0.1) is 0 Å². The summed E-state index contributed by atoms with van der Waals surface area (Å²) in [7, 11) is 0. The zero-order valence-electron chi connectivity index (χ0n) is 10.1. The van der Waals surface area contributed by atoms with E-state index in [1.165, 1.54) is 0 Å². The highest BCUT2D eigenvalue weighted by molar-refractivity contribution is 5.70. The number of hydrogen-bond donors (Lipinski definition) is 1. The molecule has 0 aliphatic carbocycles. The van der Waals surface area contributed by atoms with Gasteiger partial charge >= 0.3 is 5.97 Å². The quantitative estimate of drug-likeness (QED) is 0.858. The van der Waals surface area contributed by atoms with Gasteiger partial charge in [-0.1, -0.05) is 19.1 Å². The lowest BCUT2D eigenvalue weighted by Crippen LogP contribution is -2.04. The number of carbonyl (C=O) groups is 1. The average molecular weight is 246 g/mol. The summed E-state index contributed by atoms with van der Waals surface area (Å²) in [5.74, 6) is -0.0275. The number of tetrazole rings is 1. The second-order valence-corrected chi connectivity index (χ2v) is 3.99. The van der Waals surface area contributed by atoms with Crippen molar-refractivity contribution in [3.05, 3.63) is 35.7 Å². The van der Waals surface area contributed by atoms with Gasteiger partial charge in [-0.2, -0.15) is 4.68 Å². The number of aryl methyl sites for hydroxylation is 1. The molecule has 94 valence electrons. The Balaban J connectivity index is 2.23. The molecule has 1 aromatic heterocycles. The van der Waals surface area contributed by atoms with Crippen molar-refractivity contribution in [2.24, 2.45) is 0 Å². The summed E-state index contributed by atoms with van der Waals surface area (Å²) in [6.45, 7) is 2.06. The van der Waals surface area contributed by atoms with Gasteiger partial charge < -0.3 is 5.11 Å². The van der Waals surface area contributed by atoms with Gasteiger partial charge in [-0.25, -0.2) is 0 Å². The number of aliphatic carboxylic acids is 1. The highest BCUT2D eigenvalue weighted by atomic mass is 16.4. The van der Waals surface area contributed by atoms with E-state index in [-0.39, 0.29) is 6.42 Å². The van der Waals surface area contributed by atoms with Crippen LogP contribution in [0.15, 0.2) is 24.3 Å². The van der Waals surface area contributed by atoms with E-state index < -0.39 is 5.97 Å². The van der Waals surface area contributed by atoms with Crippen LogP contribution in [0.2, 0.25) is 0 Å². The van der Waals surface area contributed by atoms with Crippen molar-refractivity contribution >= 4 is 5.97 Å². The van der Waals surface area contributed by atoms with Crippen LogP contribution in [-0.2, 0) is 17.6 Å². The van der Waals surface area contributed by atoms with Crippen LogP contribution < -0.4 is 0 Å². The topological polar surface area (TPSA) is 80.9 Å². The number of rotatable bonds is 5. The number of carboxylic acid groups (broad SMARTS) is 1. The van der Waals surface area contributed by atoms with Crippen LogP contribution in [0.25, 0.3) is 5.69 Å². The lowest BCUT2D eigenvalue weighted by molar-refractivity contribution is -0.136. The molecular formula is C12H14N4O2. The van der Waals surface area contributed by atoms with Crippen LogP contribution in [0.4, 0.5) is 0 Å². The normalized spacial score (nSPS) is 10.5. The molecular weight excluding hydrogens is 232 g/mol. The van der Waals surface area contributed by atoms with Gasteiger partial charge in [0.15, 0.2) is 5.82 Å². The van der Waals surface area contributed by atoms with Crippen molar-refractivity contribution in [1.82, 2.24) is 20.2 Å². The molecule has 0 spiro atoms. The predicted molar refractivity (Wildman–Crippen MR) is 64.5 cm³/mol. The molecule has 1 heterocycles. The first kappa shape index (κ1) is 12.2. The molecule has 0 saturated heterocycles. The van der Waals surface area contributed by atoms with Gasteiger partial charge in [0.05, 0.1) is 12.1 Å². The number of aromatic nitrogens is 4. The standard InChI is InChI=1S/C12H14N4O2/c1-2-3-11-13-14-15-16(11)10-6-4-9(5-7-10)8-12(17)18/h4-7H,2-3,8H2,1H3,(H,17,18). The maximum atomic E-state index is 10.6. The molecule has 18 heavy (non-hydrogen) atoms. The lowest BCUT2D eigenvalue weighted by Gasteiger charge is -2.04. The summed E-state index contributed by atoms with van der Waals surface area (Å²) < 4.78 is 1.67. The van der Waals surface area contributed by atoms with Crippen LogP contribution in [-0.4, -0.2) is 31.3 Å². The summed E-state index contributed by atoms with van der Waals surface area (Å²) in [6, 6.07) is 7.21. The molecule has 0 unspecified atom stereocenters. The zero-order valence-corrected chi connectivity index (χ0v) is 10.1. The van der Waals surface area contributed by atoms with E-state index in [4.69, 9.17) is 5.11 Å². The molecule has 0 saturated carbocycles. The summed E-state index contributed by atoms with van der Waals surface area (Å²) in [5.41, 5.74) is 1.61. The number of hydrogen-bond acceptors (Lipinski definition) is 4. The minimum atomic E-state index is -0.836. The summed E-state index contributed by atoms with van der Waals surface area (Å²) in [5, 5.41) is 20.2. The molecule has 0 aliphatic rings. The Morgan fingerprint density at radius 1 is 1.33 bits per heavy atom. The predicted octanol–water partition coefficient (Wildman–Crippen LogP) is 1.24. The van der Waals surface area contributed by atoms with Crippen LogP contribution in [0.5, 0.6) is 0 Å². The Hall–Kier alpha value is -2.24. The van der Waals surface area contributed by atoms with Crippen LogP contribution >= 0.6 is 0 Å². The fourth-order valence-electron chi connectivity index (χ4n) is 1.72. The van der Waals surface area contributed by atoms with E-state index in [2.05, 4.69) is 22.4 Å². The molecule has 1 aromatic carbocycles. The number of carboxylic acids is 1. The Labute approximate surface area is 104 Å². The van der Waals surface area contributed by atoms with Gasteiger partial charge in [0.1, 0.15) is 0 Å². The van der Waals surface area contributed by atoms with E-state index in [0.717, 1.165) is 29.9 Å². The van der Waals surface area contributed by atoms with Gasteiger partial charge in [-0.05, 0) is 34.5 Å². The molecule has 2 aromatic rings. The zero-order chi connectivity index (χ0) is 13.0. The van der Waals surface area contributed by atoms with E-state index in [1.54, 1.807) is 16.8 Å². The summed E-state index contributed by atoms with van der Waals surface area (Å²) in [6.07, 6.45) is 1.80. The molecule has 2 rings (SSSR count). The summed E-state index contributed by atoms with van der Waals surface area (Å²) in [4.78, 5) is 10.6. The molecule has 0 radical (unpaired) electrons. The fourth-order valence-corrected chi connectivity index (χ4v) is 1.72. The first-order valence-corrected chi connectivity index (χ1v) is 5.79. The molecule has 0 amide bonds. The second-order valence-electron chi connectivity index (χ2n) is 3.99. The second kappa shape index (κ2) is 5.39. The Kier molecular flexibility index (Phi) is 3.66. The van der Waals surface area contributed by atoms with Crippen molar-refractivity contribution in [1.29, 1.82) is 0 Å². The monoisotopic (exact) mass is 246 g/mol. The van der Waals surface area contributed by atoms with Crippen molar-refractivity contribution < 1.29 is 9.90 Å². The minimum Gasteiger partial charge on any atom is -0.481 e. The van der Waals surface area contributed by atoms with E-state index in [1.807, 2.05) is 12.1 Å². The third-order valence-electron chi connectivity index (χ3n) is 2.54. The molecule has 0 fully saturated rings. The van der Waals surface area contributed by atoms with Gasteiger partial charge in [-0.15, -0.1) is 5.10 Å². The Bertz CT molecular complexity index is 533. The molecule has 6 nitrogen and oxygen atoms in total. The molecule has 6 heteroatoms. The van der Waals surface area contributed by atoms with Crippen LogP contribution in [0.3, 0.4) is 0 Å². The number of benzene rings is 1. The Morgan fingerprint density at radius 2 is 2.06 bits per heavy atom. The van der Waals surface area contributed by atoms with Crippen molar-refractivity contribution in [2.45, 2.75) is 26.2 Å². The molecule has 0 aliphatic heterocycles. The highest BCUT2D eigenvalue weighted by Gasteiger charge is 2.07. The van der Waals surface area contributed by atoms with Crippen molar-refractivity contribution in [3.8, 4) is 5.69 Å². The SMILES string of the molecule is CCCc1nnnn1-c1ccc(CC(=O)O)cc1. The third-order valence-corrected chi connectivity index (χ3v) is 2.54.